The third-order valence-electron chi connectivity index (χ3n) is 1.22. The Morgan fingerprint density at radius 1 is 1.33 bits per heavy atom. The van der Waals surface area contributed by atoms with E-state index in [1.165, 1.54) is 12.1 Å². The van der Waals surface area contributed by atoms with Crippen LogP contribution >= 0.6 is 31.5 Å². The highest BCUT2D eigenvalue weighted by molar-refractivity contribution is 8.13. The maximum atomic E-state index is 10.8. The molecule has 0 spiro atoms. The van der Waals surface area contributed by atoms with Gasteiger partial charge in [-0.05, 0) is 17.4 Å². The first-order valence-corrected chi connectivity index (χ1v) is 6.17. The summed E-state index contributed by atoms with van der Waals surface area (Å²) in [6, 6.07) is 4.49. The molecule has 2 nitrogen and oxygen atoms in total. The molecule has 0 radical (unpaired) electrons. The van der Waals surface area contributed by atoms with Crippen LogP contribution in [0.4, 0.5) is 0 Å². The van der Waals surface area contributed by atoms with E-state index in [1.807, 2.05) is 0 Å². The molecule has 0 heterocycles. The summed E-state index contributed by atoms with van der Waals surface area (Å²) in [5.41, 5.74) is 0. The van der Waals surface area contributed by atoms with Gasteiger partial charge in [0.05, 0.1) is 5.02 Å². The fourth-order valence-corrected chi connectivity index (χ4v) is 2.62. The van der Waals surface area contributed by atoms with Crippen LogP contribution in [0.3, 0.4) is 0 Å². The van der Waals surface area contributed by atoms with E-state index in [9.17, 15) is 8.42 Å². The molecule has 0 N–H and O–H groups in total. The topological polar surface area (TPSA) is 34.1 Å². The summed E-state index contributed by atoms with van der Waals surface area (Å²) >= 11 is 5.64. The zero-order chi connectivity index (χ0) is 9.35. The Hall–Kier alpha value is 0.180. The van der Waals surface area contributed by atoms with Crippen molar-refractivity contribution in [1.82, 2.24) is 0 Å². The quantitative estimate of drug-likeness (QED) is 0.556. The van der Waals surface area contributed by atoms with Gasteiger partial charge in [-0.2, -0.15) is 0 Å². The minimum absolute atomic E-state index is 0.0583. The second kappa shape index (κ2) is 3.51. The highest BCUT2D eigenvalue weighted by atomic mass is 35.7. The Balaban J connectivity index is 3.39. The number of benzene rings is 1. The van der Waals surface area contributed by atoms with Crippen molar-refractivity contribution in [2.75, 3.05) is 0 Å². The van der Waals surface area contributed by atoms with Crippen LogP contribution in [0.25, 0.3) is 0 Å². The van der Waals surface area contributed by atoms with Crippen LogP contribution in [-0.4, -0.2) is 8.42 Å². The lowest BCUT2D eigenvalue weighted by Crippen LogP contribution is -1.96. The monoisotopic (exact) mass is 242 g/mol. The summed E-state index contributed by atoms with van der Waals surface area (Å²) in [7, 11) is 3.78. The molecular formula is C6H5Cl2O2PS. The largest absolute Gasteiger partial charge is 0.262 e. The van der Waals surface area contributed by atoms with E-state index in [0.29, 0.717) is 0 Å². The van der Waals surface area contributed by atoms with E-state index in [4.69, 9.17) is 22.3 Å². The Morgan fingerprint density at radius 3 is 2.33 bits per heavy atom. The third kappa shape index (κ3) is 2.33. The van der Waals surface area contributed by atoms with Gasteiger partial charge in [0, 0.05) is 10.7 Å². The molecule has 1 rings (SSSR count). The number of hydrogen-bond acceptors (Lipinski definition) is 2. The Labute approximate surface area is 82.5 Å². The molecule has 0 aliphatic carbocycles. The Bertz CT molecular complexity index is 402. The second-order valence-electron chi connectivity index (χ2n) is 2.13. The molecule has 0 aliphatic rings. The Morgan fingerprint density at radius 2 is 1.92 bits per heavy atom. The lowest BCUT2D eigenvalue weighted by atomic mass is 10.4. The van der Waals surface area contributed by atoms with Crippen LogP contribution < -0.4 is 5.30 Å². The van der Waals surface area contributed by atoms with Crippen LogP contribution in [0.15, 0.2) is 23.1 Å². The van der Waals surface area contributed by atoms with Crippen LogP contribution in [0, 0.1) is 0 Å². The van der Waals surface area contributed by atoms with E-state index in [2.05, 4.69) is 9.24 Å². The lowest BCUT2D eigenvalue weighted by Gasteiger charge is -1.99. The van der Waals surface area contributed by atoms with Gasteiger partial charge in [-0.25, -0.2) is 8.42 Å². The Kier molecular flexibility index (Phi) is 3.00. The van der Waals surface area contributed by atoms with Gasteiger partial charge in [-0.1, -0.05) is 17.7 Å². The zero-order valence-corrected chi connectivity index (χ0v) is 9.27. The molecule has 0 amide bonds. The maximum absolute atomic E-state index is 10.8. The first-order valence-electron chi connectivity index (χ1n) is 2.91. The van der Waals surface area contributed by atoms with Crippen molar-refractivity contribution >= 4 is 45.9 Å². The van der Waals surface area contributed by atoms with Gasteiger partial charge in [-0.3, -0.25) is 0 Å². The smallest absolute Gasteiger partial charge is 0.207 e. The summed E-state index contributed by atoms with van der Waals surface area (Å²) in [6.07, 6.45) is 0. The summed E-state index contributed by atoms with van der Waals surface area (Å²) in [4.78, 5) is -0.0583. The molecule has 1 unspecified atom stereocenters. The summed E-state index contributed by atoms with van der Waals surface area (Å²) < 4.78 is 21.7. The van der Waals surface area contributed by atoms with Gasteiger partial charge in [0.2, 0.25) is 0 Å². The molecule has 0 bridgehead atoms. The molecular weight excluding hydrogens is 238 g/mol. The number of hydrogen-bond donors (Lipinski definition) is 0. The molecule has 12 heavy (non-hydrogen) atoms. The highest BCUT2D eigenvalue weighted by Crippen LogP contribution is 2.23. The first kappa shape index (κ1) is 10.3. The van der Waals surface area contributed by atoms with Crippen molar-refractivity contribution in [2.45, 2.75) is 4.90 Å². The van der Waals surface area contributed by atoms with E-state index < -0.39 is 9.05 Å². The van der Waals surface area contributed by atoms with Gasteiger partial charge in [0.25, 0.3) is 9.05 Å². The molecule has 66 valence electrons. The average Bonchev–Trinajstić information content (AvgIpc) is 1.83. The fraction of sp³-hybridized carbons (Fsp3) is 0. The number of halogens is 2. The molecule has 1 aromatic rings. The molecule has 1 atom stereocenters. The van der Waals surface area contributed by atoms with Crippen LogP contribution in [0.2, 0.25) is 5.02 Å². The van der Waals surface area contributed by atoms with Crippen molar-refractivity contribution in [1.29, 1.82) is 0 Å². The van der Waals surface area contributed by atoms with Crippen molar-refractivity contribution in [3.05, 3.63) is 23.2 Å². The molecule has 0 saturated carbocycles. The van der Waals surface area contributed by atoms with Gasteiger partial charge in [0.1, 0.15) is 4.90 Å². The standard InChI is InChI=1S/C6H5Cl2O2PS/c7-5-3-4(11)1-2-6(5)12(8,9)10/h1-3H,11H2. The first-order chi connectivity index (χ1) is 5.41. The minimum Gasteiger partial charge on any atom is -0.207 e. The van der Waals surface area contributed by atoms with E-state index in [0.717, 1.165) is 5.30 Å². The normalized spacial score (nSPS) is 11.6. The molecule has 0 fully saturated rings. The lowest BCUT2D eigenvalue weighted by molar-refractivity contribution is 0.609. The molecule has 0 aromatic heterocycles. The van der Waals surface area contributed by atoms with Gasteiger partial charge in [0.15, 0.2) is 0 Å². The molecule has 6 heteroatoms. The minimum atomic E-state index is -3.72. The van der Waals surface area contributed by atoms with Crippen molar-refractivity contribution < 1.29 is 8.42 Å². The van der Waals surface area contributed by atoms with Crippen molar-refractivity contribution in [3.8, 4) is 0 Å². The predicted molar refractivity (Wildman–Crippen MR) is 53.8 cm³/mol. The molecule has 0 aliphatic heterocycles. The predicted octanol–water partition coefficient (Wildman–Crippen LogP) is 1.77. The summed E-state index contributed by atoms with van der Waals surface area (Å²) in [5, 5.41) is 0.946. The number of rotatable bonds is 1. The second-order valence-corrected chi connectivity index (χ2v) is 5.74. The van der Waals surface area contributed by atoms with Crippen molar-refractivity contribution in [2.24, 2.45) is 0 Å². The van der Waals surface area contributed by atoms with Gasteiger partial charge < -0.3 is 0 Å². The van der Waals surface area contributed by atoms with Crippen LogP contribution in [-0.2, 0) is 9.05 Å². The fourth-order valence-electron chi connectivity index (χ4n) is 0.715. The van der Waals surface area contributed by atoms with E-state index in [-0.39, 0.29) is 9.92 Å². The van der Waals surface area contributed by atoms with E-state index in [1.54, 1.807) is 6.07 Å². The SMILES string of the molecule is O=S(=O)(Cl)c1ccc(P)cc1Cl. The maximum Gasteiger partial charge on any atom is 0.262 e. The van der Waals surface area contributed by atoms with Gasteiger partial charge in [-0.15, -0.1) is 9.24 Å². The van der Waals surface area contributed by atoms with Crippen LogP contribution in [0.1, 0.15) is 0 Å². The molecule has 0 saturated heterocycles. The molecule has 1 aromatic carbocycles. The van der Waals surface area contributed by atoms with Crippen LogP contribution in [0.5, 0.6) is 0 Å². The zero-order valence-electron chi connectivity index (χ0n) is 5.79. The summed E-state index contributed by atoms with van der Waals surface area (Å²) in [6.45, 7) is 0. The van der Waals surface area contributed by atoms with Gasteiger partial charge >= 0.3 is 0 Å². The third-order valence-corrected chi connectivity index (χ3v) is 3.38. The average molecular weight is 243 g/mol. The van der Waals surface area contributed by atoms with E-state index >= 15 is 0 Å². The van der Waals surface area contributed by atoms with Crippen molar-refractivity contribution in [3.63, 3.8) is 0 Å². The summed E-state index contributed by atoms with van der Waals surface area (Å²) in [5.74, 6) is 0. The highest BCUT2D eigenvalue weighted by Gasteiger charge is 2.13.